The van der Waals surface area contributed by atoms with Gasteiger partial charge in [-0.25, -0.2) is 0 Å². The molecule has 0 aliphatic heterocycles. The molecule has 0 spiro atoms. The summed E-state index contributed by atoms with van der Waals surface area (Å²) in [6.07, 6.45) is 4.29. The van der Waals surface area contributed by atoms with Crippen molar-refractivity contribution >= 4 is 6.21 Å². The van der Waals surface area contributed by atoms with Gasteiger partial charge in [-0.15, -0.1) is 0 Å². The van der Waals surface area contributed by atoms with E-state index in [1.54, 1.807) is 0 Å². The molecule has 0 aliphatic carbocycles. The molecule has 0 amide bonds. The summed E-state index contributed by atoms with van der Waals surface area (Å²) >= 11 is 0. The van der Waals surface area contributed by atoms with Gasteiger partial charge in [-0.05, 0) is 18.4 Å². The molecule has 1 rings (SSSR count). The summed E-state index contributed by atoms with van der Waals surface area (Å²) in [6, 6.07) is 2.02. The summed E-state index contributed by atoms with van der Waals surface area (Å²) in [5.74, 6) is 0.673. The maximum atomic E-state index is 6.99. The molecule has 1 aromatic rings. The molecule has 0 bridgehead atoms. The minimum Gasteiger partial charge on any atom is -0.364 e. The molecule has 0 atom stereocenters. The lowest BCUT2D eigenvalue weighted by Crippen LogP contribution is -1.92. The largest absolute Gasteiger partial charge is 0.364 e. The van der Waals surface area contributed by atoms with Crippen molar-refractivity contribution in [1.29, 1.82) is 5.41 Å². The van der Waals surface area contributed by atoms with Crippen LogP contribution in [0.4, 0.5) is 0 Å². The van der Waals surface area contributed by atoms with Gasteiger partial charge in [0.15, 0.2) is 0 Å². The molecule has 0 saturated heterocycles. The number of hydrogen-bond acceptors (Lipinski definition) is 1. The number of nitrogens with one attached hydrogen (secondary N) is 2. The van der Waals surface area contributed by atoms with Crippen molar-refractivity contribution in [2.45, 2.75) is 20.3 Å². The first kappa shape index (κ1) is 8.05. The topological polar surface area (TPSA) is 39.6 Å². The van der Waals surface area contributed by atoms with Crippen LogP contribution in [0.2, 0.25) is 0 Å². The molecule has 0 aromatic carbocycles. The highest BCUT2D eigenvalue weighted by atomic mass is 14.7. The summed E-state index contributed by atoms with van der Waals surface area (Å²) in [5.41, 5.74) is 2.18. The minimum absolute atomic E-state index is 0.673. The van der Waals surface area contributed by atoms with E-state index in [4.69, 9.17) is 5.41 Å². The smallest absolute Gasteiger partial charge is 0.0265 e. The van der Waals surface area contributed by atoms with Gasteiger partial charge < -0.3 is 10.4 Å². The standard InChI is InChI=1S/C9H14N2/c1-7(2)3-9-4-8(5-10)6-11-9/h4-7,10-11H,3H2,1-2H3. The van der Waals surface area contributed by atoms with Crippen molar-refractivity contribution in [1.82, 2.24) is 4.98 Å². The highest BCUT2D eigenvalue weighted by Gasteiger charge is 1.99. The van der Waals surface area contributed by atoms with Gasteiger partial charge in [-0.2, -0.15) is 0 Å². The van der Waals surface area contributed by atoms with Gasteiger partial charge in [0.1, 0.15) is 0 Å². The fourth-order valence-electron chi connectivity index (χ4n) is 1.10. The Hall–Kier alpha value is -1.05. The summed E-state index contributed by atoms with van der Waals surface area (Å²) in [7, 11) is 0. The van der Waals surface area contributed by atoms with Gasteiger partial charge in [0.2, 0.25) is 0 Å². The van der Waals surface area contributed by atoms with Gasteiger partial charge in [0, 0.05) is 23.7 Å². The SMILES string of the molecule is CC(C)Cc1cc(C=N)c[nH]1. The Balaban J connectivity index is 2.65. The molecule has 2 heteroatoms. The predicted octanol–water partition coefficient (Wildman–Crippen LogP) is 2.21. The lowest BCUT2D eigenvalue weighted by Gasteiger charge is -1.99. The second kappa shape index (κ2) is 3.37. The average Bonchev–Trinajstić information content (AvgIpc) is 2.34. The van der Waals surface area contributed by atoms with Crippen LogP contribution in [-0.2, 0) is 6.42 Å². The molecule has 1 aromatic heterocycles. The Morgan fingerprint density at radius 1 is 1.64 bits per heavy atom. The van der Waals surface area contributed by atoms with E-state index >= 15 is 0 Å². The van der Waals surface area contributed by atoms with E-state index in [2.05, 4.69) is 18.8 Å². The van der Waals surface area contributed by atoms with E-state index in [1.807, 2.05) is 12.3 Å². The Bertz CT molecular complexity index is 235. The van der Waals surface area contributed by atoms with Crippen LogP contribution in [0.5, 0.6) is 0 Å². The summed E-state index contributed by atoms with van der Waals surface area (Å²) in [6.45, 7) is 4.37. The summed E-state index contributed by atoms with van der Waals surface area (Å²) < 4.78 is 0. The van der Waals surface area contributed by atoms with Crippen LogP contribution >= 0.6 is 0 Å². The highest BCUT2D eigenvalue weighted by molar-refractivity contribution is 5.76. The molecular formula is C9H14N2. The third kappa shape index (κ3) is 2.22. The van der Waals surface area contributed by atoms with Crippen molar-refractivity contribution in [3.8, 4) is 0 Å². The molecule has 0 aliphatic rings. The number of aromatic nitrogens is 1. The van der Waals surface area contributed by atoms with E-state index in [-0.39, 0.29) is 0 Å². The van der Waals surface area contributed by atoms with E-state index in [0.29, 0.717) is 5.92 Å². The van der Waals surface area contributed by atoms with Crippen molar-refractivity contribution in [3.05, 3.63) is 23.5 Å². The Kier molecular flexibility index (Phi) is 2.47. The Labute approximate surface area is 67.2 Å². The zero-order valence-corrected chi connectivity index (χ0v) is 7.02. The molecule has 0 fully saturated rings. The number of hydrogen-bond donors (Lipinski definition) is 2. The van der Waals surface area contributed by atoms with Gasteiger partial charge in [-0.1, -0.05) is 13.8 Å². The van der Waals surface area contributed by atoms with E-state index in [0.717, 1.165) is 12.0 Å². The van der Waals surface area contributed by atoms with Crippen LogP contribution in [0.25, 0.3) is 0 Å². The monoisotopic (exact) mass is 150 g/mol. The zero-order chi connectivity index (χ0) is 8.27. The lowest BCUT2D eigenvalue weighted by atomic mass is 10.1. The van der Waals surface area contributed by atoms with Crippen molar-refractivity contribution < 1.29 is 0 Å². The fourth-order valence-corrected chi connectivity index (χ4v) is 1.10. The minimum atomic E-state index is 0.673. The van der Waals surface area contributed by atoms with Gasteiger partial charge in [0.25, 0.3) is 0 Å². The molecular weight excluding hydrogens is 136 g/mol. The first-order valence-corrected chi connectivity index (χ1v) is 3.90. The van der Waals surface area contributed by atoms with Crippen LogP contribution in [-0.4, -0.2) is 11.2 Å². The highest BCUT2D eigenvalue weighted by Crippen LogP contribution is 2.07. The number of aromatic amines is 1. The second-order valence-corrected chi connectivity index (χ2v) is 3.20. The third-order valence-corrected chi connectivity index (χ3v) is 1.56. The van der Waals surface area contributed by atoms with Gasteiger partial charge in [-0.3, -0.25) is 0 Å². The predicted molar refractivity (Wildman–Crippen MR) is 47.2 cm³/mol. The molecule has 0 saturated carbocycles. The summed E-state index contributed by atoms with van der Waals surface area (Å²) in [4.78, 5) is 3.14. The quantitative estimate of drug-likeness (QED) is 0.620. The van der Waals surface area contributed by atoms with Crippen molar-refractivity contribution in [2.75, 3.05) is 0 Å². The average molecular weight is 150 g/mol. The molecule has 2 nitrogen and oxygen atoms in total. The van der Waals surface area contributed by atoms with Gasteiger partial charge in [0.05, 0.1) is 0 Å². The summed E-state index contributed by atoms with van der Waals surface area (Å²) in [5, 5.41) is 6.99. The molecule has 0 radical (unpaired) electrons. The molecule has 11 heavy (non-hydrogen) atoms. The van der Waals surface area contributed by atoms with E-state index in [9.17, 15) is 0 Å². The molecule has 0 unspecified atom stereocenters. The molecule has 1 heterocycles. The van der Waals surface area contributed by atoms with Crippen molar-refractivity contribution in [2.24, 2.45) is 5.92 Å². The van der Waals surface area contributed by atoms with Crippen LogP contribution in [0.1, 0.15) is 25.1 Å². The van der Waals surface area contributed by atoms with Crippen LogP contribution < -0.4 is 0 Å². The third-order valence-electron chi connectivity index (χ3n) is 1.56. The van der Waals surface area contributed by atoms with E-state index in [1.165, 1.54) is 11.9 Å². The maximum absolute atomic E-state index is 6.99. The normalized spacial score (nSPS) is 10.5. The first-order chi connectivity index (χ1) is 5.22. The number of rotatable bonds is 3. The van der Waals surface area contributed by atoms with Crippen LogP contribution in [0.15, 0.2) is 12.3 Å². The zero-order valence-electron chi connectivity index (χ0n) is 7.02. The Morgan fingerprint density at radius 2 is 2.36 bits per heavy atom. The van der Waals surface area contributed by atoms with Gasteiger partial charge >= 0.3 is 0 Å². The number of H-pyrrole nitrogens is 1. The molecule has 60 valence electrons. The maximum Gasteiger partial charge on any atom is 0.0265 e. The van der Waals surface area contributed by atoms with Crippen LogP contribution in [0, 0.1) is 11.3 Å². The molecule has 2 N–H and O–H groups in total. The fraction of sp³-hybridized carbons (Fsp3) is 0.444. The lowest BCUT2D eigenvalue weighted by molar-refractivity contribution is 0.638. The Morgan fingerprint density at radius 3 is 2.82 bits per heavy atom. The first-order valence-electron chi connectivity index (χ1n) is 3.90. The van der Waals surface area contributed by atoms with Crippen molar-refractivity contribution in [3.63, 3.8) is 0 Å². The second-order valence-electron chi connectivity index (χ2n) is 3.20. The van der Waals surface area contributed by atoms with Crippen LogP contribution in [0.3, 0.4) is 0 Å². The van der Waals surface area contributed by atoms with E-state index < -0.39 is 0 Å².